The molecule has 1 unspecified atom stereocenters. The summed E-state index contributed by atoms with van der Waals surface area (Å²) >= 11 is 1.77. The van der Waals surface area contributed by atoms with Crippen molar-refractivity contribution < 1.29 is 0 Å². The first-order valence-corrected chi connectivity index (χ1v) is 8.31. The van der Waals surface area contributed by atoms with Gasteiger partial charge in [-0.1, -0.05) is 13.0 Å². The van der Waals surface area contributed by atoms with E-state index in [0.29, 0.717) is 0 Å². The number of nitrogens with one attached hydrogen (secondary N) is 1. The Balaban J connectivity index is 2.08. The van der Waals surface area contributed by atoms with Crippen molar-refractivity contribution in [2.24, 2.45) is 0 Å². The molecule has 0 aromatic carbocycles. The van der Waals surface area contributed by atoms with E-state index in [-0.39, 0.29) is 6.04 Å². The van der Waals surface area contributed by atoms with Crippen molar-refractivity contribution in [1.29, 1.82) is 0 Å². The van der Waals surface area contributed by atoms with Crippen LogP contribution in [0.1, 0.15) is 42.4 Å². The number of anilines is 1. The fraction of sp³-hybridized carbons (Fsp3) is 0.500. The van der Waals surface area contributed by atoms with Crippen LogP contribution in [0.2, 0.25) is 0 Å². The molecule has 2 rings (SSSR count). The van der Waals surface area contributed by atoms with Crippen LogP contribution in [0.15, 0.2) is 23.7 Å². The predicted octanol–water partition coefficient (Wildman–Crippen LogP) is 3.54. The molecule has 2 aromatic heterocycles. The van der Waals surface area contributed by atoms with Crippen LogP contribution in [-0.2, 0) is 6.54 Å². The van der Waals surface area contributed by atoms with Crippen LogP contribution in [0, 0.1) is 6.92 Å². The molecule has 0 amide bonds. The first kappa shape index (κ1) is 15.9. The molecule has 0 aliphatic heterocycles. The SMILES string of the molecule is CCCNCc1cnc(N(C)C(C)c2cccs2)nc1C. The van der Waals surface area contributed by atoms with Gasteiger partial charge in [0.25, 0.3) is 0 Å². The molecule has 0 spiro atoms. The van der Waals surface area contributed by atoms with Crippen LogP contribution in [-0.4, -0.2) is 23.6 Å². The smallest absolute Gasteiger partial charge is 0.225 e. The zero-order valence-electron chi connectivity index (χ0n) is 13.3. The molecule has 2 aromatic rings. The number of nitrogens with zero attached hydrogens (tertiary/aromatic N) is 3. The van der Waals surface area contributed by atoms with Gasteiger partial charge in [-0.15, -0.1) is 11.3 Å². The average Bonchev–Trinajstić information content (AvgIpc) is 3.02. The van der Waals surface area contributed by atoms with Crippen molar-refractivity contribution in [2.75, 3.05) is 18.5 Å². The van der Waals surface area contributed by atoms with Crippen molar-refractivity contribution >= 4 is 17.3 Å². The topological polar surface area (TPSA) is 41.1 Å². The Labute approximate surface area is 131 Å². The van der Waals surface area contributed by atoms with E-state index in [1.165, 1.54) is 10.4 Å². The lowest BCUT2D eigenvalue weighted by molar-refractivity contribution is 0.665. The first-order valence-electron chi connectivity index (χ1n) is 7.43. The van der Waals surface area contributed by atoms with Gasteiger partial charge in [-0.25, -0.2) is 9.97 Å². The maximum atomic E-state index is 4.66. The van der Waals surface area contributed by atoms with E-state index in [0.717, 1.165) is 31.2 Å². The minimum atomic E-state index is 0.286. The second-order valence-electron chi connectivity index (χ2n) is 5.26. The summed E-state index contributed by atoms with van der Waals surface area (Å²) in [6.45, 7) is 8.26. The van der Waals surface area contributed by atoms with Gasteiger partial charge in [-0.05, 0) is 38.3 Å². The monoisotopic (exact) mass is 304 g/mol. The third-order valence-electron chi connectivity index (χ3n) is 3.66. The molecule has 0 radical (unpaired) electrons. The number of hydrogen-bond donors (Lipinski definition) is 1. The molecule has 0 aliphatic carbocycles. The highest BCUT2D eigenvalue weighted by Crippen LogP contribution is 2.26. The standard InChI is InChI=1S/C16H24N4S/c1-5-8-17-10-14-11-18-16(19-12(14)2)20(4)13(3)15-7-6-9-21-15/h6-7,9,11,13,17H,5,8,10H2,1-4H3. The number of aromatic nitrogens is 2. The van der Waals surface area contributed by atoms with Gasteiger partial charge >= 0.3 is 0 Å². The lowest BCUT2D eigenvalue weighted by Crippen LogP contribution is -2.24. The van der Waals surface area contributed by atoms with Crippen molar-refractivity contribution in [3.05, 3.63) is 39.8 Å². The molecular formula is C16H24N4S. The van der Waals surface area contributed by atoms with Gasteiger partial charge in [0.1, 0.15) is 0 Å². The van der Waals surface area contributed by atoms with E-state index in [2.05, 4.69) is 58.5 Å². The molecule has 0 saturated carbocycles. The summed E-state index contributed by atoms with van der Waals surface area (Å²) in [5.41, 5.74) is 2.22. The predicted molar refractivity (Wildman–Crippen MR) is 89.9 cm³/mol. The molecular weight excluding hydrogens is 280 g/mol. The van der Waals surface area contributed by atoms with E-state index in [9.17, 15) is 0 Å². The Morgan fingerprint density at radius 1 is 1.43 bits per heavy atom. The van der Waals surface area contributed by atoms with Crippen LogP contribution in [0.3, 0.4) is 0 Å². The Bertz CT molecular complexity index is 553. The number of aryl methyl sites for hydroxylation is 1. The molecule has 0 fully saturated rings. The lowest BCUT2D eigenvalue weighted by atomic mass is 10.2. The van der Waals surface area contributed by atoms with Gasteiger partial charge in [0, 0.05) is 35.9 Å². The van der Waals surface area contributed by atoms with Crippen LogP contribution < -0.4 is 10.2 Å². The normalized spacial score (nSPS) is 12.4. The van der Waals surface area contributed by atoms with Gasteiger partial charge in [-0.3, -0.25) is 0 Å². The van der Waals surface area contributed by atoms with E-state index in [4.69, 9.17) is 0 Å². The summed E-state index contributed by atoms with van der Waals surface area (Å²) in [7, 11) is 2.05. The molecule has 0 bridgehead atoms. The molecule has 2 heterocycles. The maximum absolute atomic E-state index is 4.66. The van der Waals surface area contributed by atoms with Crippen molar-refractivity contribution in [2.45, 2.75) is 39.8 Å². The fourth-order valence-electron chi connectivity index (χ4n) is 2.12. The highest BCUT2D eigenvalue weighted by Gasteiger charge is 2.16. The van der Waals surface area contributed by atoms with E-state index in [1.807, 2.05) is 13.2 Å². The Kier molecular flexibility index (Phi) is 5.70. The van der Waals surface area contributed by atoms with Crippen LogP contribution in [0.5, 0.6) is 0 Å². The number of rotatable bonds is 7. The van der Waals surface area contributed by atoms with Crippen molar-refractivity contribution in [1.82, 2.24) is 15.3 Å². The first-order chi connectivity index (χ1) is 10.1. The quantitative estimate of drug-likeness (QED) is 0.794. The van der Waals surface area contributed by atoms with Gasteiger partial charge in [-0.2, -0.15) is 0 Å². The van der Waals surface area contributed by atoms with Gasteiger partial charge in [0.2, 0.25) is 5.95 Å². The molecule has 0 aliphatic rings. The van der Waals surface area contributed by atoms with Crippen molar-refractivity contribution in [3.8, 4) is 0 Å². The zero-order valence-corrected chi connectivity index (χ0v) is 14.1. The molecule has 0 saturated heterocycles. The second kappa shape index (κ2) is 7.52. The largest absolute Gasteiger partial charge is 0.336 e. The third-order valence-corrected chi connectivity index (χ3v) is 4.70. The van der Waals surface area contributed by atoms with Gasteiger partial charge in [0.15, 0.2) is 0 Å². The van der Waals surface area contributed by atoms with E-state index >= 15 is 0 Å². The van der Waals surface area contributed by atoms with Crippen LogP contribution in [0.25, 0.3) is 0 Å². The zero-order chi connectivity index (χ0) is 15.2. The summed E-state index contributed by atoms with van der Waals surface area (Å²) < 4.78 is 0. The summed E-state index contributed by atoms with van der Waals surface area (Å²) in [4.78, 5) is 12.6. The minimum Gasteiger partial charge on any atom is -0.336 e. The molecule has 1 N–H and O–H groups in total. The highest BCUT2D eigenvalue weighted by atomic mass is 32.1. The van der Waals surface area contributed by atoms with Crippen LogP contribution in [0.4, 0.5) is 5.95 Å². The number of hydrogen-bond acceptors (Lipinski definition) is 5. The molecule has 21 heavy (non-hydrogen) atoms. The second-order valence-corrected chi connectivity index (χ2v) is 6.24. The number of thiophene rings is 1. The summed E-state index contributed by atoms with van der Waals surface area (Å²) in [6.07, 6.45) is 3.08. The Morgan fingerprint density at radius 2 is 2.24 bits per heavy atom. The van der Waals surface area contributed by atoms with Crippen molar-refractivity contribution in [3.63, 3.8) is 0 Å². The van der Waals surface area contributed by atoms with Gasteiger partial charge in [0.05, 0.1) is 6.04 Å². The summed E-state index contributed by atoms with van der Waals surface area (Å²) in [6, 6.07) is 4.52. The van der Waals surface area contributed by atoms with E-state index < -0.39 is 0 Å². The highest BCUT2D eigenvalue weighted by molar-refractivity contribution is 7.10. The van der Waals surface area contributed by atoms with E-state index in [1.54, 1.807) is 11.3 Å². The minimum absolute atomic E-state index is 0.286. The summed E-state index contributed by atoms with van der Waals surface area (Å²) in [5, 5.41) is 5.50. The molecule has 114 valence electrons. The Morgan fingerprint density at radius 3 is 2.86 bits per heavy atom. The average molecular weight is 304 g/mol. The third kappa shape index (κ3) is 4.02. The fourth-order valence-corrected chi connectivity index (χ4v) is 2.94. The molecule has 4 nitrogen and oxygen atoms in total. The van der Waals surface area contributed by atoms with Crippen LogP contribution >= 0.6 is 11.3 Å². The summed E-state index contributed by atoms with van der Waals surface area (Å²) in [5.74, 6) is 0.785. The Hall–Kier alpha value is -1.46. The molecule has 1 atom stereocenters. The molecule has 5 heteroatoms. The maximum Gasteiger partial charge on any atom is 0.225 e. The lowest BCUT2D eigenvalue weighted by Gasteiger charge is -2.24. The van der Waals surface area contributed by atoms with Gasteiger partial charge < -0.3 is 10.2 Å².